The van der Waals surface area contributed by atoms with Crippen LogP contribution in [-0.2, 0) is 7.05 Å². The van der Waals surface area contributed by atoms with Gasteiger partial charge in [0.1, 0.15) is 0 Å². The summed E-state index contributed by atoms with van der Waals surface area (Å²) < 4.78 is 3.54. The van der Waals surface area contributed by atoms with Crippen molar-refractivity contribution in [3.8, 4) is 22.3 Å². The summed E-state index contributed by atoms with van der Waals surface area (Å²) in [5, 5.41) is 11.8. The quantitative estimate of drug-likeness (QED) is 0.583. The molecule has 5 rings (SSSR count). The average Bonchev–Trinajstić information content (AvgIpc) is 3.48. The van der Waals surface area contributed by atoms with Crippen LogP contribution in [0.4, 0.5) is 0 Å². The Bertz CT molecular complexity index is 1170. The van der Waals surface area contributed by atoms with Crippen LogP contribution in [0, 0.1) is 0 Å². The zero-order chi connectivity index (χ0) is 19.8. The number of fused-ring (bicyclic) bond motifs is 1. The lowest BCUT2D eigenvalue weighted by Gasteiger charge is -2.12. The number of aromatic nitrogens is 5. The lowest BCUT2D eigenvalue weighted by molar-refractivity contribution is 0.0938. The summed E-state index contributed by atoms with van der Waals surface area (Å²) in [7, 11) is 1.89. The molecule has 4 aromatic rings. The highest BCUT2D eigenvalue weighted by Gasteiger charge is 2.18. The highest BCUT2D eigenvalue weighted by atomic mass is 16.1. The number of hydrogen-bond donors (Lipinski definition) is 1. The summed E-state index contributed by atoms with van der Waals surface area (Å²) in [6.45, 7) is 0. The second-order valence-electron chi connectivity index (χ2n) is 7.60. The molecule has 3 aromatic heterocycles. The maximum Gasteiger partial charge on any atom is 0.251 e. The molecule has 146 valence electrons. The minimum absolute atomic E-state index is 0.00236. The van der Waals surface area contributed by atoms with Crippen molar-refractivity contribution in [3.05, 3.63) is 60.8 Å². The maximum absolute atomic E-state index is 12.4. The number of hydrogen-bond acceptors (Lipinski definition) is 4. The molecule has 7 heteroatoms. The van der Waals surface area contributed by atoms with Crippen molar-refractivity contribution in [2.75, 3.05) is 0 Å². The third-order valence-corrected chi connectivity index (χ3v) is 5.54. The summed E-state index contributed by atoms with van der Waals surface area (Å²) in [5.41, 5.74) is 5.34. The van der Waals surface area contributed by atoms with Gasteiger partial charge < -0.3 is 5.32 Å². The van der Waals surface area contributed by atoms with E-state index in [1.807, 2.05) is 62.3 Å². The van der Waals surface area contributed by atoms with E-state index in [1.165, 1.54) is 12.8 Å². The zero-order valence-corrected chi connectivity index (χ0v) is 16.2. The van der Waals surface area contributed by atoms with Gasteiger partial charge in [-0.05, 0) is 30.5 Å². The topological polar surface area (TPSA) is 77.1 Å². The van der Waals surface area contributed by atoms with Crippen molar-refractivity contribution in [1.29, 1.82) is 0 Å². The number of nitrogens with zero attached hydrogens (tertiary/aromatic N) is 5. The molecule has 0 bridgehead atoms. The van der Waals surface area contributed by atoms with Crippen LogP contribution in [0.25, 0.3) is 27.9 Å². The van der Waals surface area contributed by atoms with E-state index < -0.39 is 0 Å². The van der Waals surface area contributed by atoms with Crippen LogP contribution in [-0.4, -0.2) is 36.3 Å². The molecular weight excluding hydrogens is 364 g/mol. The first-order valence-electron chi connectivity index (χ1n) is 9.91. The standard InChI is InChI=1S/C22H22N6O/c1-27-13-18(11-24-27)17-10-23-21-20(12-25-28(21)14-17)15-6-8-16(9-7-15)22(29)26-19-4-2-3-5-19/h6-14,19H,2-5H2,1H3,(H,26,29). The number of carbonyl (C=O) groups excluding carboxylic acids is 1. The first kappa shape index (κ1) is 17.6. The van der Waals surface area contributed by atoms with Crippen LogP contribution in [0.15, 0.2) is 55.2 Å². The van der Waals surface area contributed by atoms with Gasteiger partial charge in [0.25, 0.3) is 5.91 Å². The molecule has 0 aliphatic heterocycles. The van der Waals surface area contributed by atoms with E-state index in [-0.39, 0.29) is 5.91 Å². The van der Waals surface area contributed by atoms with Crippen LogP contribution >= 0.6 is 0 Å². The van der Waals surface area contributed by atoms with Gasteiger partial charge >= 0.3 is 0 Å². The minimum Gasteiger partial charge on any atom is -0.349 e. The van der Waals surface area contributed by atoms with Gasteiger partial charge in [-0.3, -0.25) is 9.48 Å². The summed E-state index contributed by atoms with van der Waals surface area (Å²) >= 11 is 0. The van der Waals surface area contributed by atoms with Crippen molar-refractivity contribution in [3.63, 3.8) is 0 Å². The van der Waals surface area contributed by atoms with Gasteiger partial charge in [-0.1, -0.05) is 25.0 Å². The fraction of sp³-hybridized carbons (Fsp3) is 0.273. The number of rotatable bonds is 4. The summed E-state index contributed by atoms with van der Waals surface area (Å²) in [4.78, 5) is 17.1. The Morgan fingerprint density at radius 3 is 2.45 bits per heavy atom. The number of amides is 1. The summed E-state index contributed by atoms with van der Waals surface area (Å²) in [6.07, 6.45) is 13.9. The smallest absolute Gasteiger partial charge is 0.251 e. The molecule has 0 spiro atoms. The van der Waals surface area contributed by atoms with Crippen LogP contribution in [0.2, 0.25) is 0 Å². The third-order valence-electron chi connectivity index (χ3n) is 5.54. The summed E-state index contributed by atoms with van der Waals surface area (Å²) in [6, 6.07) is 7.97. The highest BCUT2D eigenvalue weighted by molar-refractivity contribution is 5.95. The van der Waals surface area contributed by atoms with Gasteiger partial charge in [0.05, 0.1) is 12.4 Å². The van der Waals surface area contributed by atoms with Crippen LogP contribution in [0.3, 0.4) is 0 Å². The largest absolute Gasteiger partial charge is 0.349 e. The van der Waals surface area contributed by atoms with Gasteiger partial charge in [-0.15, -0.1) is 0 Å². The Labute approximate surface area is 168 Å². The predicted octanol–water partition coefficient (Wildman–Crippen LogP) is 3.47. The second kappa shape index (κ2) is 7.16. The van der Waals surface area contributed by atoms with Crippen molar-refractivity contribution >= 4 is 11.6 Å². The van der Waals surface area contributed by atoms with Crippen LogP contribution < -0.4 is 5.32 Å². The van der Waals surface area contributed by atoms with E-state index in [0.29, 0.717) is 11.6 Å². The maximum atomic E-state index is 12.4. The molecule has 29 heavy (non-hydrogen) atoms. The molecule has 0 radical (unpaired) electrons. The first-order chi connectivity index (χ1) is 14.2. The van der Waals surface area contributed by atoms with E-state index in [4.69, 9.17) is 0 Å². The normalized spacial score (nSPS) is 14.5. The lowest BCUT2D eigenvalue weighted by Crippen LogP contribution is -2.32. The SMILES string of the molecule is Cn1cc(-c2cnc3c(-c4ccc(C(=O)NC5CCCC5)cc4)cnn3c2)cn1. The van der Waals surface area contributed by atoms with Gasteiger partial charge in [-0.2, -0.15) is 10.2 Å². The van der Waals surface area contributed by atoms with Gasteiger partial charge in [0.2, 0.25) is 0 Å². The van der Waals surface area contributed by atoms with Gasteiger partial charge in [0.15, 0.2) is 5.65 Å². The Hall–Kier alpha value is -3.48. The minimum atomic E-state index is 0.00236. The predicted molar refractivity (Wildman–Crippen MR) is 110 cm³/mol. The molecule has 1 aliphatic carbocycles. The van der Waals surface area contributed by atoms with Crippen molar-refractivity contribution in [2.24, 2.45) is 7.05 Å². The molecule has 1 fully saturated rings. The molecule has 1 saturated carbocycles. The Morgan fingerprint density at radius 1 is 0.966 bits per heavy atom. The van der Waals surface area contributed by atoms with E-state index in [2.05, 4.69) is 20.5 Å². The fourth-order valence-electron chi connectivity index (χ4n) is 3.94. The first-order valence-corrected chi connectivity index (χ1v) is 9.91. The van der Waals surface area contributed by atoms with Crippen LogP contribution in [0.1, 0.15) is 36.0 Å². The molecule has 1 amide bonds. The second-order valence-corrected chi connectivity index (χ2v) is 7.60. The molecule has 1 N–H and O–H groups in total. The van der Waals surface area contributed by atoms with E-state index >= 15 is 0 Å². The molecule has 1 aliphatic rings. The van der Waals surface area contributed by atoms with E-state index in [1.54, 1.807) is 9.20 Å². The third kappa shape index (κ3) is 3.40. The lowest BCUT2D eigenvalue weighted by atomic mass is 10.1. The summed E-state index contributed by atoms with van der Waals surface area (Å²) in [5.74, 6) is 0.00236. The molecular formula is C22H22N6O. The van der Waals surface area contributed by atoms with Crippen molar-refractivity contribution < 1.29 is 4.79 Å². The van der Waals surface area contributed by atoms with Crippen LogP contribution in [0.5, 0.6) is 0 Å². The van der Waals surface area contributed by atoms with Gasteiger partial charge in [-0.25, -0.2) is 9.50 Å². The molecule has 3 heterocycles. The Balaban J connectivity index is 1.39. The fourth-order valence-corrected chi connectivity index (χ4v) is 3.94. The average molecular weight is 386 g/mol. The van der Waals surface area contributed by atoms with E-state index in [9.17, 15) is 4.79 Å². The Morgan fingerprint density at radius 2 is 1.72 bits per heavy atom. The molecule has 0 unspecified atom stereocenters. The molecule has 1 aromatic carbocycles. The Kier molecular flexibility index (Phi) is 4.35. The van der Waals surface area contributed by atoms with Gasteiger partial charge in [0, 0.05) is 53.9 Å². The number of benzene rings is 1. The van der Waals surface area contributed by atoms with E-state index in [0.717, 1.165) is 40.7 Å². The highest BCUT2D eigenvalue weighted by Crippen LogP contribution is 2.26. The number of aryl methyl sites for hydroxylation is 1. The van der Waals surface area contributed by atoms with Crippen molar-refractivity contribution in [2.45, 2.75) is 31.7 Å². The zero-order valence-electron chi connectivity index (χ0n) is 16.2. The molecule has 0 saturated heterocycles. The molecule has 0 atom stereocenters. The number of nitrogens with one attached hydrogen (secondary N) is 1. The molecule has 7 nitrogen and oxygen atoms in total. The van der Waals surface area contributed by atoms with Crippen molar-refractivity contribution in [1.82, 2.24) is 29.7 Å². The number of carbonyl (C=O) groups is 1. The monoisotopic (exact) mass is 386 g/mol.